The number of carbonyl (C=O) groups is 1. The van der Waals surface area contributed by atoms with E-state index in [1.165, 1.54) is 0 Å². The predicted octanol–water partition coefficient (Wildman–Crippen LogP) is -1.04. The van der Waals surface area contributed by atoms with Crippen molar-refractivity contribution in [3.8, 4) is 11.3 Å². The van der Waals surface area contributed by atoms with E-state index in [0.29, 0.717) is 17.9 Å². The first kappa shape index (κ1) is 19.0. The lowest BCUT2D eigenvalue weighted by molar-refractivity contribution is -2.00. The molecule has 7 nitrogen and oxygen atoms in total. The first-order chi connectivity index (χ1) is 10.7. The van der Waals surface area contributed by atoms with Gasteiger partial charge < -0.3 is 4.74 Å². The Balaban J connectivity index is 0.000000463. The van der Waals surface area contributed by atoms with E-state index in [1.807, 2.05) is 30.3 Å². The van der Waals surface area contributed by atoms with E-state index in [1.54, 1.807) is 26.0 Å². The Hall–Kier alpha value is -2.03. The van der Waals surface area contributed by atoms with Crippen molar-refractivity contribution in [1.29, 1.82) is 0 Å². The largest absolute Gasteiger partial charge is 0.462 e. The van der Waals surface area contributed by atoms with E-state index in [-0.39, 0.29) is 5.97 Å². The SMILES string of the molecule is CCOC(=O)c1ccc(-c2ccccc2)[o+]c1C.[O-][Cl+3]([O-])([O-])[O-]. The summed E-state index contributed by atoms with van der Waals surface area (Å²) in [6.07, 6.45) is 0. The minimum absolute atomic E-state index is 0.349. The van der Waals surface area contributed by atoms with Crippen LogP contribution in [0.5, 0.6) is 0 Å². The van der Waals surface area contributed by atoms with Gasteiger partial charge in [0, 0.05) is 6.07 Å². The third-order valence-electron chi connectivity index (χ3n) is 2.60. The topological polar surface area (TPSA) is 130 Å². The molecule has 2 rings (SSSR count). The van der Waals surface area contributed by atoms with Crippen LogP contribution < -0.4 is 18.6 Å². The summed E-state index contributed by atoms with van der Waals surface area (Å²) in [6.45, 7) is 3.90. The van der Waals surface area contributed by atoms with Gasteiger partial charge in [-0.1, -0.05) is 18.2 Å². The van der Waals surface area contributed by atoms with Crippen molar-refractivity contribution < 1.29 is 42.8 Å². The Morgan fingerprint density at radius 1 is 1.09 bits per heavy atom. The first-order valence-corrected chi connectivity index (χ1v) is 7.74. The van der Waals surface area contributed by atoms with E-state index >= 15 is 0 Å². The average Bonchev–Trinajstić information content (AvgIpc) is 2.46. The fraction of sp³-hybridized carbons (Fsp3) is 0.200. The summed E-state index contributed by atoms with van der Waals surface area (Å²) in [5, 5.41) is 0. The molecule has 0 aliphatic heterocycles. The van der Waals surface area contributed by atoms with Gasteiger partial charge in [0.1, 0.15) is 0 Å². The lowest BCUT2D eigenvalue weighted by Crippen LogP contribution is -2.68. The molecule has 23 heavy (non-hydrogen) atoms. The third kappa shape index (κ3) is 7.18. The molecule has 0 spiro atoms. The fourth-order valence-electron chi connectivity index (χ4n) is 1.71. The van der Waals surface area contributed by atoms with Crippen LogP contribution in [0.4, 0.5) is 0 Å². The summed E-state index contributed by atoms with van der Waals surface area (Å²) in [6, 6.07) is 13.3. The summed E-state index contributed by atoms with van der Waals surface area (Å²) < 4.78 is 44.6. The smallest absolute Gasteiger partial charge is 0.360 e. The number of benzene rings is 1. The zero-order valence-electron chi connectivity index (χ0n) is 12.5. The highest BCUT2D eigenvalue weighted by Gasteiger charge is 2.22. The van der Waals surface area contributed by atoms with Gasteiger partial charge in [-0.3, -0.25) is 0 Å². The van der Waals surface area contributed by atoms with E-state index < -0.39 is 10.2 Å². The van der Waals surface area contributed by atoms with Gasteiger partial charge in [0.2, 0.25) is 0 Å². The second-order valence-electron chi connectivity index (χ2n) is 4.23. The Morgan fingerprint density at radius 3 is 2.13 bits per heavy atom. The minimum Gasteiger partial charge on any atom is -0.462 e. The highest BCUT2D eigenvalue weighted by atomic mass is 35.7. The monoisotopic (exact) mass is 342 g/mol. The molecule has 0 aliphatic carbocycles. The maximum Gasteiger partial charge on any atom is 0.360 e. The van der Waals surface area contributed by atoms with Crippen LogP contribution in [0.15, 0.2) is 46.9 Å². The number of aryl methyl sites for hydroxylation is 1. The van der Waals surface area contributed by atoms with E-state index in [0.717, 1.165) is 11.3 Å². The second kappa shape index (κ2) is 8.56. The maximum absolute atomic E-state index is 11.6. The second-order valence-corrected chi connectivity index (χ2v) is 4.99. The van der Waals surface area contributed by atoms with Crippen molar-refractivity contribution in [2.24, 2.45) is 0 Å². The van der Waals surface area contributed by atoms with Crippen molar-refractivity contribution in [1.82, 2.24) is 0 Å². The normalized spacial score (nSPS) is 10.5. The molecule has 124 valence electrons. The lowest BCUT2D eigenvalue weighted by Gasteiger charge is -2.17. The van der Waals surface area contributed by atoms with Gasteiger partial charge in [0.25, 0.3) is 0 Å². The first-order valence-electron chi connectivity index (χ1n) is 6.50. The lowest BCUT2D eigenvalue weighted by atomic mass is 10.1. The third-order valence-corrected chi connectivity index (χ3v) is 2.60. The standard InChI is InChI=1S/C15H15O3.ClHO4/c1-3-17-15(16)13-9-10-14(18-11(13)2)12-7-5-4-6-8-12;2-1(3,4)5/h4-10H,3H2,1-2H3;(H,2,3,4,5)/q+1;/p-1. The predicted molar refractivity (Wildman–Crippen MR) is 69.2 cm³/mol. The fourth-order valence-corrected chi connectivity index (χ4v) is 1.71. The molecule has 8 heteroatoms. The molecule has 0 amide bonds. The van der Waals surface area contributed by atoms with Gasteiger partial charge in [-0.2, -0.15) is 0 Å². The molecule has 0 aliphatic rings. The maximum atomic E-state index is 11.6. The van der Waals surface area contributed by atoms with Crippen LogP contribution in [0.25, 0.3) is 11.3 Å². The van der Waals surface area contributed by atoms with Gasteiger partial charge >= 0.3 is 17.5 Å². The van der Waals surface area contributed by atoms with Gasteiger partial charge in [-0.05, 0) is 25.1 Å². The highest BCUT2D eigenvalue weighted by molar-refractivity contribution is 5.90. The van der Waals surface area contributed by atoms with Crippen LogP contribution in [0.1, 0.15) is 23.0 Å². The molecule has 0 bridgehead atoms. The molecule has 1 heterocycles. The number of hydrogen-bond acceptors (Lipinski definition) is 6. The van der Waals surface area contributed by atoms with Crippen LogP contribution in [-0.2, 0) is 4.74 Å². The Labute approximate surface area is 135 Å². The number of rotatable bonds is 3. The molecule has 0 atom stereocenters. The molecule has 0 fully saturated rings. The molecule has 0 radical (unpaired) electrons. The van der Waals surface area contributed by atoms with Crippen LogP contribution in [-0.4, -0.2) is 12.6 Å². The molecule has 0 unspecified atom stereocenters. The van der Waals surface area contributed by atoms with Crippen molar-refractivity contribution in [2.75, 3.05) is 6.61 Å². The Bertz CT molecular complexity index is 632. The molecule has 0 saturated heterocycles. The van der Waals surface area contributed by atoms with Gasteiger partial charge in [-0.25, -0.2) is 27.8 Å². The Morgan fingerprint density at radius 2 is 1.65 bits per heavy atom. The number of ether oxygens (including phenoxy) is 1. The van der Waals surface area contributed by atoms with E-state index in [9.17, 15) is 4.79 Å². The number of hydrogen-bond donors (Lipinski definition) is 0. The molecular formula is C15H15ClO7. The summed E-state index contributed by atoms with van der Waals surface area (Å²) in [5.74, 6) is 0.953. The molecule has 1 aromatic carbocycles. The Kier molecular flexibility index (Phi) is 7.08. The van der Waals surface area contributed by atoms with E-state index in [4.69, 9.17) is 27.8 Å². The van der Waals surface area contributed by atoms with Crippen LogP contribution in [0.2, 0.25) is 0 Å². The van der Waals surface area contributed by atoms with Crippen LogP contribution in [0.3, 0.4) is 0 Å². The zero-order chi connectivity index (χ0) is 17.5. The highest BCUT2D eigenvalue weighted by Crippen LogP contribution is 2.22. The van der Waals surface area contributed by atoms with Gasteiger partial charge in [0.15, 0.2) is 5.56 Å². The summed E-state index contributed by atoms with van der Waals surface area (Å²) in [4.78, 5) is 11.6. The van der Waals surface area contributed by atoms with Crippen molar-refractivity contribution in [2.45, 2.75) is 13.8 Å². The molecule has 1 aromatic heterocycles. The number of carbonyl (C=O) groups excluding carboxylic acids is 1. The molecule has 0 N–H and O–H groups in total. The van der Waals surface area contributed by atoms with E-state index in [2.05, 4.69) is 0 Å². The van der Waals surface area contributed by atoms with Crippen molar-refractivity contribution in [3.05, 3.63) is 53.8 Å². The molecule has 2 aromatic rings. The zero-order valence-corrected chi connectivity index (χ0v) is 13.2. The van der Waals surface area contributed by atoms with Gasteiger partial charge in [-0.15, -0.1) is 10.2 Å². The quantitative estimate of drug-likeness (QED) is 0.514. The number of esters is 1. The number of halogens is 1. The summed E-state index contributed by atoms with van der Waals surface area (Å²) in [7, 11) is -4.94. The van der Waals surface area contributed by atoms with Gasteiger partial charge in [0.05, 0.1) is 19.1 Å². The summed E-state index contributed by atoms with van der Waals surface area (Å²) in [5.41, 5.74) is 1.45. The van der Waals surface area contributed by atoms with Crippen LogP contribution in [0, 0.1) is 17.2 Å². The van der Waals surface area contributed by atoms with Crippen LogP contribution >= 0.6 is 0 Å². The van der Waals surface area contributed by atoms with Crippen molar-refractivity contribution in [3.63, 3.8) is 0 Å². The molecule has 0 saturated carbocycles. The minimum atomic E-state index is -4.94. The average molecular weight is 343 g/mol. The molecular weight excluding hydrogens is 328 g/mol. The summed E-state index contributed by atoms with van der Waals surface area (Å²) >= 11 is 0. The van der Waals surface area contributed by atoms with Crippen molar-refractivity contribution >= 4 is 5.97 Å².